The third-order valence-corrected chi connectivity index (χ3v) is 4.14. The predicted octanol–water partition coefficient (Wildman–Crippen LogP) is 2.13. The Balaban J connectivity index is 1.93. The Morgan fingerprint density at radius 2 is 1.89 bits per heavy atom. The Kier molecular flexibility index (Phi) is 8.26. The number of ketones is 1. The van der Waals surface area contributed by atoms with E-state index in [1.165, 1.54) is 14.0 Å². The van der Waals surface area contributed by atoms with Gasteiger partial charge in [-0.3, -0.25) is 9.69 Å². The maximum atomic E-state index is 11.5. The third-order valence-electron chi connectivity index (χ3n) is 4.14. The smallest absolute Gasteiger partial charge is 0.161 e. The lowest BCUT2D eigenvalue weighted by Crippen LogP contribution is -2.37. The summed E-state index contributed by atoms with van der Waals surface area (Å²) in [5.41, 5.74) is 1.65. The fourth-order valence-corrected chi connectivity index (χ4v) is 2.76. The van der Waals surface area contributed by atoms with E-state index < -0.39 is 6.10 Å². The van der Waals surface area contributed by atoms with Crippen molar-refractivity contribution in [3.63, 3.8) is 0 Å². The van der Waals surface area contributed by atoms with Crippen LogP contribution >= 0.6 is 0 Å². The van der Waals surface area contributed by atoms with E-state index in [2.05, 4.69) is 0 Å². The first kappa shape index (κ1) is 20.9. The van der Waals surface area contributed by atoms with Gasteiger partial charge in [-0.05, 0) is 30.7 Å². The van der Waals surface area contributed by atoms with E-state index in [-0.39, 0.29) is 19.0 Å². The highest BCUT2D eigenvalue weighted by Gasteiger charge is 2.15. The van der Waals surface area contributed by atoms with Crippen LogP contribution in [-0.4, -0.2) is 60.4 Å². The zero-order valence-electron chi connectivity index (χ0n) is 15.8. The Labute approximate surface area is 160 Å². The molecule has 0 aliphatic rings. The molecule has 0 fully saturated rings. The van der Waals surface area contributed by atoms with Crippen LogP contribution in [0.1, 0.15) is 22.8 Å². The molecule has 0 bridgehead atoms. The minimum Gasteiger partial charge on any atom is -0.493 e. The number of hydrogen-bond acceptors (Lipinski definition) is 6. The molecule has 0 aliphatic carbocycles. The van der Waals surface area contributed by atoms with Crippen LogP contribution in [0.4, 0.5) is 0 Å². The van der Waals surface area contributed by atoms with Crippen molar-refractivity contribution in [1.82, 2.24) is 4.90 Å². The van der Waals surface area contributed by atoms with E-state index in [0.717, 1.165) is 5.56 Å². The summed E-state index contributed by atoms with van der Waals surface area (Å²) in [6, 6.07) is 14.8. The van der Waals surface area contributed by atoms with E-state index >= 15 is 0 Å². The molecular weight excluding hydrogens is 346 g/mol. The van der Waals surface area contributed by atoms with Crippen LogP contribution < -0.4 is 9.47 Å². The second-order valence-electron chi connectivity index (χ2n) is 6.33. The molecule has 2 rings (SSSR count). The lowest BCUT2D eigenvalue weighted by molar-refractivity contribution is 0.0581. The van der Waals surface area contributed by atoms with Crippen LogP contribution in [0.5, 0.6) is 11.5 Å². The molecular formula is C21H27NO5. The molecule has 6 nitrogen and oxygen atoms in total. The summed E-state index contributed by atoms with van der Waals surface area (Å²) < 4.78 is 10.9. The maximum absolute atomic E-state index is 11.5. The molecule has 6 heteroatoms. The Morgan fingerprint density at radius 3 is 2.52 bits per heavy atom. The number of carbonyl (C=O) groups is 1. The van der Waals surface area contributed by atoms with Crippen LogP contribution in [0, 0.1) is 0 Å². The van der Waals surface area contributed by atoms with E-state index in [1.807, 2.05) is 35.2 Å². The molecule has 0 spiro atoms. The van der Waals surface area contributed by atoms with E-state index in [0.29, 0.717) is 36.7 Å². The van der Waals surface area contributed by atoms with E-state index in [1.54, 1.807) is 18.2 Å². The van der Waals surface area contributed by atoms with Crippen molar-refractivity contribution >= 4 is 5.78 Å². The summed E-state index contributed by atoms with van der Waals surface area (Å²) in [5.74, 6) is 0.866. The molecule has 2 aromatic rings. The van der Waals surface area contributed by atoms with Crippen molar-refractivity contribution in [3.8, 4) is 11.5 Å². The zero-order valence-corrected chi connectivity index (χ0v) is 15.8. The molecule has 146 valence electrons. The Hall–Kier alpha value is -2.41. The fourth-order valence-electron chi connectivity index (χ4n) is 2.76. The molecule has 0 heterocycles. The first-order chi connectivity index (χ1) is 13.0. The molecule has 2 N–H and O–H groups in total. The van der Waals surface area contributed by atoms with Gasteiger partial charge in [-0.25, -0.2) is 0 Å². The number of Topliss-reactive ketones (excluding diaryl/α,β-unsaturated/α-hetero) is 1. The number of rotatable bonds is 11. The third kappa shape index (κ3) is 6.67. The molecule has 0 saturated carbocycles. The largest absolute Gasteiger partial charge is 0.493 e. The number of methoxy groups -OCH3 is 1. The molecule has 0 unspecified atom stereocenters. The highest BCUT2D eigenvalue weighted by Crippen LogP contribution is 2.28. The van der Waals surface area contributed by atoms with E-state index in [9.17, 15) is 15.0 Å². The average Bonchev–Trinajstić information content (AvgIpc) is 2.67. The van der Waals surface area contributed by atoms with Crippen molar-refractivity contribution < 1.29 is 24.5 Å². The van der Waals surface area contributed by atoms with Gasteiger partial charge < -0.3 is 19.7 Å². The van der Waals surface area contributed by atoms with Crippen LogP contribution in [0.25, 0.3) is 0 Å². The van der Waals surface area contributed by atoms with Gasteiger partial charge in [0.25, 0.3) is 0 Å². The van der Waals surface area contributed by atoms with Gasteiger partial charge in [0.2, 0.25) is 0 Å². The second-order valence-corrected chi connectivity index (χ2v) is 6.33. The van der Waals surface area contributed by atoms with Gasteiger partial charge in [-0.1, -0.05) is 30.3 Å². The van der Waals surface area contributed by atoms with Crippen molar-refractivity contribution in [2.24, 2.45) is 0 Å². The predicted molar refractivity (Wildman–Crippen MR) is 103 cm³/mol. The van der Waals surface area contributed by atoms with Crippen LogP contribution in [-0.2, 0) is 6.54 Å². The van der Waals surface area contributed by atoms with Crippen molar-refractivity contribution in [2.45, 2.75) is 19.6 Å². The standard InChI is InChI=1S/C21H27NO5/c1-16(24)18-8-9-20(21(12-18)26-2)27-15-19(25)14-22(10-11-23)13-17-6-4-3-5-7-17/h3-9,12,19,23,25H,10-11,13-15H2,1-2H3/t19-/m1/s1. The second kappa shape index (κ2) is 10.7. The SMILES string of the molecule is COc1cc(C(C)=O)ccc1OC[C@H](O)CN(CCO)Cc1ccccc1. The van der Waals surface area contributed by atoms with Gasteiger partial charge in [0.05, 0.1) is 13.7 Å². The minimum absolute atomic E-state index is 0.0146. The number of hydrogen-bond donors (Lipinski definition) is 2. The van der Waals surface area contributed by atoms with Gasteiger partial charge in [0.1, 0.15) is 12.7 Å². The lowest BCUT2D eigenvalue weighted by Gasteiger charge is -2.24. The highest BCUT2D eigenvalue weighted by molar-refractivity contribution is 5.94. The Bertz CT molecular complexity index is 720. The van der Waals surface area contributed by atoms with Crippen molar-refractivity contribution in [1.29, 1.82) is 0 Å². The van der Waals surface area contributed by atoms with Gasteiger partial charge in [-0.15, -0.1) is 0 Å². The molecule has 1 atom stereocenters. The van der Waals surface area contributed by atoms with Gasteiger partial charge in [0, 0.05) is 25.2 Å². The normalized spacial score (nSPS) is 12.0. The highest BCUT2D eigenvalue weighted by atomic mass is 16.5. The molecule has 0 aliphatic heterocycles. The van der Waals surface area contributed by atoms with Gasteiger partial charge in [-0.2, -0.15) is 0 Å². The van der Waals surface area contributed by atoms with Crippen molar-refractivity contribution in [2.75, 3.05) is 33.4 Å². The summed E-state index contributed by atoms with van der Waals surface area (Å²) in [6.07, 6.45) is -0.738. The minimum atomic E-state index is -0.738. The lowest BCUT2D eigenvalue weighted by atomic mass is 10.1. The number of benzene rings is 2. The number of nitrogens with zero attached hydrogens (tertiary/aromatic N) is 1. The molecule has 0 saturated heterocycles. The molecule has 0 amide bonds. The maximum Gasteiger partial charge on any atom is 0.161 e. The fraction of sp³-hybridized carbons (Fsp3) is 0.381. The van der Waals surface area contributed by atoms with Gasteiger partial charge >= 0.3 is 0 Å². The van der Waals surface area contributed by atoms with Gasteiger partial charge in [0.15, 0.2) is 17.3 Å². The summed E-state index contributed by atoms with van der Waals surface area (Å²) in [6.45, 7) is 3.04. The first-order valence-electron chi connectivity index (χ1n) is 8.90. The molecule has 0 radical (unpaired) electrons. The van der Waals surface area contributed by atoms with Crippen LogP contribution in [0.15, 0.2) is 48.5 Å². The monoisotopic (exact) mass is 373 g/mol. The molecule has 2 aromatic carbocycles. The van der Waals surface area contributed by atoms with E-state index in [4.69, 9.17) is 9.47 Å². The summed E-state index contributed by atoms with van der Waals surface area (Å²) >= 11 is 0. The summed E-state index contributed by atoms with van der Waals surface area (Å²) in [7, 11) is 1.51. The molecule has 0 aromatic heterocycles. The quantitative estimate of drug-likeness (QED) is 0.588. The summed E-state index contributed by atoms with van der Waals surface area (Å²) in [5, 5.41) is 19.6. The average molecular weight is 373 g/mol. The first-order valence-corrected chi connectivity index (χ1v) is 8.90. The Morgan fingerprint density at radius 1 is 1.15 bits per heavy atom. The van der Waals surface area contributed by atoms with Crippen molar-refractivity contribution in [3.05, 3.63) is 59.7 Å². The molecule has 27 heavy (non-hydrogen) atoms. The topological polar surface area (TPSA) is 79.2 Å². The summed E-state index contributed by atoms with van der Waals surface area (Å²) in [4.78, 5) is 13.4. The number of aliphatic hydroxyl groups excluding tert-OH is 2. The number of aliphatic hydroxyl groups is 2. The van der Waals surface area contributed by atoms with Crippen LogP contribution in [0.3, 0.4) is 0 Å². The zero-order chi connectivity index (χ0) is 19.6. The van der Waals surface area contributed by atoms with Crippen LogP contribution in [0.2, 0.25) is 0 Å². The number of ether oxygens (including phenoxy) is 2. The number of carbonyl (C=O) groups excluding carboxylic acids is 1.